The highest BCUT2D eigenvalue weighted by Gasteiger charge is 2.52. The first-order valence-electron chi connectivity index (χ1n) is 11.2. The van der Waals surface area contributed by atoms with Crippen molar-refractivity contribution in [3.8, 4) is 6.07 Å². The Balaban J connectivity index is 1.56. The summed E-state index contributed by atoms with van der Waals surface area (Å²) in [7, 11) is 0. The van der Waals surface area contributed by atoms with Gasteiger partial charge in [-0.3, -0.25) is 4.79 Å². The molecule has 168 valence electrons. The summed E-state index contributed by atoms with van der Waals surface area (Å²) < 4.78 is 1.00. The monoisotopic (exact) mass is 473 g/mol. The van der Waals surface area contributed by atoms with E-state index in [1.807, 2.05) is 12.3 Å². The molecule has 6 rings (SSSR count). The molecule has 4 saturated carbocycles. The normalized spacial score (nSPS) is 29.1. The lowest BCUT2D eigenvalue weighted by molar-refractivity contribution is -0.391. The van der Waals surface area contributed by atoms with E-state index in [9.17, 15) is 20.2 Å². The lowest BCUT2D eigenvalue weighted by Crippen LogP contribution is -2.48. The van der Waals surface area contributed by atoms with E-state index in [0.29, 0.717) is 11.4 Å². The molecule has 0 N–H and O–H groups in total. The average Bonchev–Trinajstić information content (AvgIpc) is 3.23. The first kappa shape index (κ1) is 21.5. The molecule has 32 heavy (non-hydrogen) atoms. The summed E-state index contributed by atoms with van der Waals surface area (Å²) in [6, 6.07) is 2.11. The molecule has 4 fully saturated rings. The molecule has 8 nitrogen and oxygen atoms in total. The molecule has 0 spiro atoms. The molecule has 2 aromatic heterocycles. The number of nitro groups is 1. The van der Waals surface area contributed by atoms with Crippen LogP contribution in [0.2, 0.25) is 5.02 Å². The van der Waals surface area contributed by atoms with Crippen LogP contribution in [0.15, 0.2) is 10.2 Å². The zero-order valence-corrected chi connectivity index (χ0v) is 19.4. The Morgan fingerprint density at radius 3 is 2.50 bits per heavy atom. The van der Waals surface area contributed by atoms with Crippen molar-refractivity contribution in [2.45, 2.75) is 69.7 Å². The molecular formula is C22H24ClN5O3S. The predicted octanol–water partition coefficient (Wildman–Crippen LogP) is 4.79. The van der Waals surface area contributed by atoms with E-state index in [2.05, 4.69) is 11.2 Å². The fourth-order valence-corrected chi connectivity index (χ4v) is 7.91. The predicted molar refractivity (Wildman–Crippen MR) is 120 cm³/mol. The lowest BCUT2D eigenvalue weighted by Gasteiger charge is -2.56. The number of thiazole rings is 1. The van der Waals surface area contributed by atoms with Crippen molar-refractivity contribution in [2.75, 3.05) is 0 Å². The number of nitriles is 1. The van der Waals surface area contributed by atoms with Crippen LogP contribution in [0.3, 0.4) is 0 Å². The summed E-state index contributed by atoms with van der Waals surface area (Å²) in [6.45, 7) is 2.05. The van der Waals surface area contributed by atoms with Crippen molar-refractivity contribution in [1.82, 2.24) is 14.8 Å². The quantitative estimate of drug-likeness (QED) is 0.439. The van der Waals surface area contributed by atoms with Gasteiger partial charge in [0.1, 0.15) is 21.5 Å². The molecule has 4 bridgehead atoms. The van der Waals surface area contributed by atoms with Crippen LogP contribution < -0.4 is 5.56 Å². The van der Waals surface area contributed by atoms with Crippen LogP contribution in [-0.4, -0.2) is 19.7 Å². The second-order valence-electron chi connectivity index (χ2n) is 9.67. The molecule has 10 heteroatoms. The molecular weight excluding hydrogens is 450 g/mol. The molecule has 0 aromatic carbocycles. The summed E-state index contributed by atoms with van der Waals surface area (Å²) in [6.07, 6.45) is 7.93. The number of aromatic nitrogens is 3. The number of hydrogen-bond donors (Lipinski definition) is 0. The fourth-order valence-electron chi connectivity index (χ4n) is 6.63. The minimum atomic E-state index is -1.10. The Morgan fingerprint density at radius 2 is 1.97 bits per heavy atom. The van der Waals surface area contributed by atoms with E-state index in [1.54, 1.807) is 0 Å². The van der Waals surface area contributed by atoms with Crippen LogP contribution in [-0.2, 0) is 12.0 Å². The first-order valence-corrected chi connectivity index (χ1v) is 12.4. The van der Waals surface area contributed by atoms with Crippen molar-refractivity contribution in [2.24, 2.45) is 17.8 Å². The number of nitrogens with zero attached hydrogens (tertiary/aromatic N) is 5. The molecule has 4 aliphatic carbocycles. The van der Waals surface area contributed by atoms with Gasteiger partial charge in [-0.1, -0.05) is 18.5 Å². The van der Waals surface area contributed by atoms with Gasteiger partial charge in [0, 0.05) is 10.8 Å². The Hall–Kier alpha value is -2.31. The molecule has 0 radical (unpaired) electrons. The molecule has 2 heterocycles. The van der Waals surface area contributed by atoms with Crippen LogP contribution >= 0.6 is 22.9 Å². The standard InChI is InChI=1S/C22H24ClN5O3S/c1-2-3-27-21(29)18(23)17(19(26-27)28(30)31)15(10-24)20-25-16(11-32-20)22-7-12-4-13(8-22)6-14(5-12)9-22/h11-15H,2-9H2,1H3. The maximum atomic E-state index is 12.7. The zero-order chi connectivity index (χ0) is 22.6. The van der Waals surface area contributed by atoms with Gasteiger partial charge in [-0.15, -0.1) is 16.0 Å². The third kappa shape index (κ3) is 3.35. The summed E-state index contributed by atoms with van der Waals surface area (Å²) >= 11 is 7.64. The number of rotatable bonds is 6. The highest BCUT2D eigenvalue weighted by atomic mass is 35.5. The fraction of sp³-hybridized carbons (Fsp3) is 0.636. The van der Waals surface area contributed by atoms with Gasteiger partial charge in [-0.05, 0) is 67.6 Å². The van der Waals surface area contributed by atoms with Gasteiger partial charge in [-0.2, -0.15) is 5.26 Å². The van der Waals surface area contributed by atoms with Gasteiger partial charge >= 0.3 is 11.4 Å². The molecule has 1 unspecified atom stereocenters. The second kappa shape index (κ2) is 7.92. The van der Waals surface area contributed by atoms with Crippen LogP contribution in [0.4, 0.5) is 5.82 Å². The summed E-state index contributed by atoms with van der Waals surface area (Å²) in [5, 5.41) is 27.8. The molecule has 0 aliphatic heterocycles. The summed E-state index contributed by atoms with van der Waals surface area (Å²) in [4.78, 5) is 28.6. The van der Waals surface area contributed by atoms with E-state index >= 15 is 0 Å². The van der Waals surface area contributed by atoms with Gasteiger partial charge in [0.15, 0.2) is 0 Å². The average molecular weight is 474 g/mol. The van der Waals surface area contributed by atoms with Crippen molar-refractivity contribution in [3.05, 3.63) is 47.1 Å². The van der Waals surface area contributed by atoms with E-state index in [0.717, 1.165) is 47.4 Å². The SMILES string of the molecule is CCCn1nc([N+](=O)[O-])c(C(C#N)c2nc(C34CC5CC(CC(C5)C3)C4)cs2)c(Cl)c1=O. The topological polar surface area (TPSA) is 115 Å². The minimum Gasteiger partial charge on any atom is -0.358 e. The maximum Gasteiger partial charge on any atom is 0.395 e. The number of hydrogen-bond acceptors (Lipinski definition) is 7. The highest BCUT2D eigenvalue weighted by molar-refractivity contribution is 7.09. The Labute approximate surface area is 194 Å². The Kier molecular flexibility index (Phi) is 5.33. The van der Waals surface area contributed by atoms with Crippen LogP contribution in [0.5, 0.6) is 0 Å². The minimum absolute atomic E-state index is 0.0576. The molecule has 0 amide bonds. The van der Waals surface area contributed by atoms with Crippen LogP contribution in [0.25, 0.3) is 0 Å². The molecule has 0 saturated heterocycles. The van der Waals surface area contributed by atoms with Gasteiger partial charge in [0.2, 0.25) is 0 Å². The molecule has 2 aromatic rings. The van der Waals surface area contributed by atoms with Gasteiger partial charge < -0.3 is 10.1 Å². The second-order valence-corrected chi connectivity index (χ2v) is 10.9. The van der Waals surface area contributed by atoms with E-state index in [-0.39, 0.29) is 22.5 Å². The number of aryl methyl sites for hydroxylation is 1. The third-order valence-electron chi connectivity index (χ3n) is 7.49. The van der Waals surface area contributed by atoms with Crippen molar-refractivity contribution < 1.29 is 4.92 Å². The third-order valence-corrected chi connectivity index (χ3v) is 8.77. The lowest BCUT2D eigenvalue weighted by atomic mass is 9.49. The summed E-state index contributed by atoms with van der Waals surface area (Å²) in [5.41, 5.74) is 0.292. The Bertz CT molecular complexity index is 1150. The Morgan fingerprint density at radius 1 is 1.34 bits per heavy atom. The van der Waals surface area contributed by atoms with Crippen molar-refractivity contribution in [3.63, 3.8) is 0 Å². The first-order chi connectivity index (χ1) is 15.3. The molecule has 4 aliphatic rings. The van der Waals surface area contributed by atoms with Crippen molar-refractivity contribution in [1.29, 1.82) is 5.26 Å². The molecule has 1 atom stereocenters. The maximum absolute atomic E-state index is 12.7. The summed E-state index contributed by atoms with van der Waals surface area (Å²) in [5.74, 6) is 0.602. The smallest absolute Gasteiger partial charge is 0.358 e. The van der Waals surface area contributed by atoms with E-state index in [4.69, 9.17) is 16.6 Å². The van der Waals surface area contributed by atoms with E-state index in [1.165, 1.54) is 30.6 Å². The zero-order valence-electron chi connectivity index (χ0n) is 17.8. The van der Waals surface area contributed by atoms with Gasteiger partial charge in [0.25, 0.3) is 0 Å². The van der Waals surface area contributed by atoms with Crippen molar-refractivity contribution >= 4 is 28.8 Å². The number of halogens is 1. The van der Waals surface area contributed by atoms with Gasteiger partial charge in [-0.25, -0.2) is 4.98 Å². The van der Waals surface area contributed by atoms with Crippen LogP contribution in [0.1, 0.15) is 74.1 Å². The van der Waals surface area contributed by atoms with Gasteiger partial charge in [0.05, 0.1) is 23.4 Å². The highest BCUT2D eigenvalue weighted by Crippen LogP contribution is 2.60. The van der Waals surface area contributed by atoms with E-state index < -0.39 is 22.2 Å². The van der Waals surface area contributed by atoms with Crippen LogP contribution in [0, 0.1) is 39.2 Å². The largest absolute Gasteiger partial charge is 0.395 e.